The Labute approximate surface area is 121 Å². The van der Waals surface area contributed by atoms with Gasteiger partial charge in [0.25, 0.3) is 0 Å². The Kier molecular flexibility index (Phi) is 4.13. The summed E-state index contributed by atoms with van der Waals surface area (Å²) in [6.45, 7) is 3.23. The highest BCUT2D eigenvalue weighted by atomic mass is 32.2. The SMILES string of the molecule is CCC1Sc2ccc(C(C)=O)cc2N(CC(N)=O)C1=O. The number of amides is 2. The van der Waals surface area contributed by atoms with Gasteiger partial charge in [0.15, 0.2) is 5.78 Å². The van der Waals surface area contributed by atoms with Crippen molar-refractivity contribution in [3.05, 3.63) is 23.8 Å². The molecular formula is C14H16N2O3S. The molecule has 106 valence electrons. The van der Waals surface area contributed by atoms with E-state index in [2.05, 4.69) is 0 Å². The molecule has 0 aromatic heterocycles. The van der Waals surface area contributed by atoms with Crippen molar-refractivity contribution in [1.82, 2.24) is 0 Å². The van der Waals surface area contributed by atoms with Crippen LogP contribution >= 0.6 is 11.8 Å². The van der Waals surface area contributed by atoms with Crippen LogP contribution in [-0.2, 0) is 9.59 Å². The Morgan fingerprint density at radius 2 is 2.10 bits per heavy atom. The molecule has 2 rings (SSSR count). The summed E-state index contributed by atoms with van der Waals surface area (Å²) in [5.74, 6) is -0.786. The number of primary amides is 1. The molecule has 0 saturated heterocycles. The highest BCUT2D eigenvalue weighted by Crippen LogP contribution is 2.40. The van der Waals surface area contributed by atoms with Gasteiger partial charge in [-0.15, -0.1) is 11.8 Å². The summed E-state index contributed by atoms with van der Waals surface area (Å²) in [6.07, 6.45) is 0.673. The van der Waals surface area contributed by atoms with Crippen LogP contribution in [0.4, 0.5) is 5.69 Å². The predicted octanol–water partition coefficient (Wildman–Crippen LogP) is 1.59. The van der Waals surface area contributed by atoms with Crippen molar-refractivity contribution in [3.63, 3.8) is 0 Å². The van der Waals surface area contributed by atoms with Crippen molar-refractivity contribution in [2.24, 2.45) is 5.73 Å². The van der Waals surface area contributed by atoms with Gasteiger partial charge in [0, 0.05) is 10.5 Å². The Morgan fingerprint density at radius 3 is 2.65 bits per heavy atom. The monoisotopic (exact) mass is 292 g/mol. The van der Waals surface area contributed by atoms with E-state index < -0.39 is 5.91 Å². The zero-order valence-corrected chi connectivity index (χ0v) is 12.2. The van der Waals surface area contributed by atoms with Crippen LogP contribution in [-0.4, -0.2) is 29.4 Å². The van der Waals surface area contributed by atoms with Crippen LogP contribution in [0.2, 0.25) is 0 Å². The molecule has 2 amide bonds. The molecule has 1 unspecified atom stereocenters. The quantitative estimate of drug-likeness (QED) is 0.855. The van der Waals surface area contributed by atoms with E-state index in [9.17, 15) is 14.4 Å². The molecular weight excluding hydrogens is 276 g/mol. The summed E-state index contributed by atoms with van der Waals surface area (Å²) >= 11 is 1.46. The van der Waals surface area contributed by atoms with E-state index in [0.29, 0.717) is 17.7 Å². The third kappa shape index (κ3) is 2.70. The lowest BCUT2D eigenvalue weighted by atomic mass is 10.1. The minimum atomic E-state index is -0.570. The van der Waals surface area contributed by atoms with Crippen LogP contribution in [0.3, 0.4) is 0 Å². The standard InChI is InChI=1S/C14H16N2O3S/c1-3-11-14(19)16(7-13(15)18)10-6-9(8(2)17)4-5-12(10)20-11/h4-6,11H,3,7H2,1-2H3,(H2,15,18). The van der Waals surface area contributed by atoms with Crippen LogP contribution in [0.15, 0.2) is 23.1 Å². The van der Waals surface area contributed by atoms with Gasteiger partial charge in [0.2, 0.25) is 11.8 Å². The lowest BCUT2D eigenvalue weighted by Crippen LogP contribution is -2.45. The molecule has 0 spiro atoms. The highest BCUT2D eigenvalue weighted by molar-refractivity contribution is 8.01. The minimum absolute atomic E-state index is 0.0816. The molecule has 1 aliphatic heterocycles. The van der Waals surface area contributed by atoms with E-state index in [0.717, 1.165) is 4.90 Å². The highest BCUT2D eigenvalue weighted by Gasteiger charge is 2.33. The van der Waals surface area contributed by atoms with E-state index in [-0.39, 0.29) is 23.5 Å². The molecule has 1 aromatic rings. The maximum atomic E-state index is 12.3. The van der Waals surface area contributed by atoms with Gasteiger partial charge in [0.05, 0.1) is 10.9 Å². The average molecular weight is 292 g/mol. The third-order valence-corrected chi connectivity index (χ3v) is 4.57. The van der Waals surface area contributed by atoms with Crippen molar-refractivity contribution >= 4 is 35.0 Å². The van der Waals surface area contributed by atoms with Gasteiger partial charge >= 0.3 is 0 Å². The first-order valence-corrected chi connectivity index (χ1v) is 7.23. The number of hydrogen-bond acceptors (Lipinski definition) is 4. The number of rotatable bonds is 4. The number of thioether (sulfide) groups is 1. The van der Waals surface area contributed by atoms with Crippen molar-refractivity contribution in [2.75, 3.05) is 11.4 Å². The van der Waals surface area contributed by atoms with E-state index in [1.807, 2.05) is 13.0 Å². The average Bonchev–Trinajstić information content (AvgIpc) is 2.40. The summed E-state index contributed by atoms with van der Waals surface area (Å²) in [7, 11) is 0. The Morgan fingerprint density at radius 1 is 1.40 bits per heavy atom. The van der Waals surface area contributed by atoms with Crippen molar-refractivity contribution in [1.29, 1.82) is 0 Å². The van der Waals surface area contributed by atoms with Gasteiger partial charge in [-0.05, 0) is 25.5 Å². The number of Topliss-reactive ketones (excluding diaryl/α,β-unsaturated/α-hetero) is 1. The van der Waals surface area contributed by atoms with E-state index in [4.69, 9.17) is 5.73 Å². The minimum Gasteiger partial charge on any atom is -0.368 e. The zero-order chi connectivity index (χ0) is 14.9. The molecule has 20 heavy (non-hydrogen) atoms. The van der Waals surface area contributed by atoms with Crippen LogP contribution in [0.25, 0.3) is 0 Å². The van der Waals surface area contributed by atoms with Crippen molar-refractivity contribution < 1.29 is 14.4 Å². The lowest BCUT2D eigenvalue weighted by molar-refractivity contribution is -0.122. The van der Waals surface area contributed by atoms with Crippen LogP contribution in [0, 0.1) is 0 Å². The third-order valence-electron chi connectivity index (χ3n) is 3.15. The Balaban J connectivity index is 2.50. The fraction of sp³-hybridized carbons (Fsp3) is 0.357. The number of anilines is 1. The van der Waals surface area contributed by atoms with Crippen molar-refractivity contribution in [2.45, 2.75) is 30.4 Å². The molecule has 0 aliphatic carbocycles. The number of benzene rings is 1. The molecule has 1 aromatic carbocycles. The van der Waals surface area contributed by atoms with Crippen LogP contribution < -0.4 is 10.6 Å². The molecule has 0 saturated carbocycles. The summed E-state index contributed by atoms with van der Waals surface area (Å²) in [6, 6.07) is 5.20. The number of carbonyl (C=O) groups is 3. The number of nitrogens with zero attached hydrogens (tertiary/aromatic N) is 1. The molecule has 0 bridgehead atoms. The van der Waals surface area contributed by atoms with E-state index in [1.165, 1.54) is 23.6 Å². The van der Waals surface area contributed by atoms with Gasteiger partial charge in [0.1, 0.15) is 6.54 Å². The molecule has 2 N–H and O–H groups in total. The molecule has 1 aliphatic rings. The maximum Gasteiger partial charge on any atom is 0.240 e. The zero-order valence-electron chi connectivity index (χ0n) is 11.4. The number of hydrogen-bond donors (Lipinski definition) is 1. The molecule has 5 nitrogen and oxygen atoms in total. The first-order chi connectivity index (χ1) is 9.43. The van der Waals surface area contributed by atoms with Gasteiger partial charge in [-0.2, -0.15) is 0 Å². The van der Waals surface area contributed by atoms with Crippen LogP contribution in [0.1, 0.15) is 30.6 Å². The smallest absolute Gasteiger partial charge is 0.240 e. The predicted molar refractivity (Wildman–Crippen MR) is 77.9 cm³/mol. The number of fused-ring (bicyclic) bond motifs is 1. The molecule has 6 heteroatoms. The summed E-state index contributed by atoms with van der Waals surface area (Å²) in [4.78, 5) is 37.3. The molecule has 0 radical (unpaired) electrons. The number of nitrogens with two attached hydrogens (primary N) is 1. The van der Waals surface area contributed by atoms with Crippen LogP contribution in [0.5, 0.6) is 0 Å². The van der Waals surface area contributed by atoms with Gasteiger partial charge in [-0.25, -0.2) is 0 Å². The number of carbonyl (C=O) groups excluding carboxylic acids is 3. The lowest BCUT2D eigenvalue weighted by Gasteiger charge is -2.32. The summed E-state index contributed by atoms with van der Waals surface area (Å²) in [5, 5.41) is -0.218. The largest absolute Gasteiger partial charge is 0.368 e. The maximum absolute atomic E-state index is 12.3. The second kappa shape index (κ2) is 5.66. The molecule has 1 heterocycles. The summed E-state index contributed by atoms with van der Waals surface area (Å²) < 4.78 is 0. The fourth-order valence-electron chi connectivity index (χ4n) is 2.12. The van der Waals surface area contributed by atoms with E-state index in [1.54, 1.807) is 12.1 Å². The second-order valence-electron chi connectivity index (χ2n) is 4.64. The molecule has 0 fully saturated rings. The number of ketones is 1. The van der Waals surface area contributed by atoms with Gasteiger partial charge in [-0.3, -0.25) is 14.4 Å². The van der Waals surface area contributed by atoms with Gasteiger partial charge < -0.3 is 10.6 Å². The first-order valence-electron chi connectivity index (χ1n) is 6.35. The molecule has 1 atom stereocenters. The fourth-order valence-corrected chi connectivity index (χ4v) is 3.26. The van der Waals surface area contributed by atoms with Gasteiger partial charge in [-0.1, -0.05) is 13.0 Å². The summed E-state index contributed by atoms with van der Waals surface area (Å²) in [5.41, 5.74) is 6.33. The Hall–Kier alpha value is -1.82. The first kappa shape index (κ1) is 14.6. The normalized spacial score (nSPS) is 17.8. The van der Waals surface area contributed by atoms with Crippen molar-refractivity contribution in [3.8, 4) is 0 Å². The van der Waals surface area contributed by atoms with E-state index >= 15 is 0 Å². The second-order valence-corrected chi connectivity index (χ2v) is 5.89. The Bertz CT molecular complexity index is 586. The topological polar surface area (TPSA) is 80.5 Å².